The molecule has 4 N–H and O–H groups in total. The van der Waals surface area contributed by atoms with E-state index in [1.165, 1.54) is 10.4 Å². The first kappa shape index (κ1) is 20.2. The standard InChI is InChI=1S/C22H25N5O2S/c23-22(24)26-25-21(16-9-3-1-4-10-16)19-15-27(20-14-8-7-13-18(19)20)30(28,29)17-11-5-2-6-12-17/h2,5-8,11-16H,1,3-4,9-10H2,(H4,23,24,26). The number of nitrogens with two attached hydrogens (primary N) is 2. The summed E-state index contributed by atoms with van der Waals surface area (Å²) in [6, 6.07) is 15.9. The maximum atomic E-state index is 13.4. The van der Waals surface area contributed by atoms with Crippen LogP contribution in [0.15, 0.2) is 75.9 Å². The summed E-state index contributed by atoms with van der Waals surface area (Å²) in [6.07, 6.45) is 7.01. The van der Waals surface area contributed by atoms with Gasteiger partial charge in [-0.05, 0) is 31.0 Å². The third-order valence-corrected chi connectivity index (χ3v) is 7.21. The first-order valence-electron chi connectivity index (χ1n) is 10.1. The highest BCUT2D eigenvalue weighted by Gasteiger charge is 2.27. The highest BCUT2D eigenvalue weighted by molar-refractivity contribution is 7.90. The van der Waals surface area contributed by atoms with Crippen molar-refractivity contribution in [2.75, 3.05) is 0 Å². The lowest BCUT2D eigenvalue weighted by Gasteiger charge is -2.22. The number of hydrogen-bond acceptors (Lipinski definition) is 4. The van der Waals surface area contributed by atoms with Gasteiger partial charge in [0.15, 0.2) is 0 Å². The van der Waals surface area contributed by atoms with Gasteiger partial charge in [-0.2, -0.15) is 5.10 Å². The molecule has 3 aromatic rings. The lowest BCUT2D eigenvalue weighted by atomic mass is 9.83. The average Bonchev–Trinajstić information content (AvgIpc) is 3.16. The largest absolute Gasteiger partial charge is 0.369 e. The second-order valence-corrected chi connectivity index (χ2v) is 9.33. The van der Waals surface area contributed by atoms with Crippen LogP contribution in [0.25, 0.3) is 10.9 Å². The maximum Gasteiger partial charge on any atom is 0.268 e. The summed E-state index contributed by atoms with van der Waals surface area (Å²) in [5.74, 6) is 0.0597. The molecule has 7 nitrogen and oxygen atoms in total. The van der Waals surface area contributed by atoms with Gasteiger partial charge in [-0.1, -0.05) is 55.7 Å². The van der Waals surface area contributed by atoms with Gasteiger partial charge < -0.3 is 11.5 Å². The Labute approximate surface area is 176 Å². The van der Waals surface area contributed by atoms with E-state index in [-0.39, 0.29) is 16.8 Å². The Hall–Kier alpha value is -3.13. The minimum atomic E-state index is -3.76. The van der Waals surface area contributed by atoms with E-state index in [0.29, 0.717) is 5.52 Å². The minimum Gasteiger partial charge on any atom is -0.369 e. The van der Waals surface area contributed by atoms with Crippen LogP contribution < -0.4 is 11.5 Å². The van der Waals surface area contributed by atoms with Crippen molar-refractivity contribution in [1.29, 1.82) is 0 Å². The summed E-state index contributed by atoms with van der Waals surface area (Å²) >= 11 is 0. The summed E-state index contributed by atoms with van der Waals surface area (Å²) in [4.78, 5) is 0.234. The SMILES string of the molecule is NC(N)=NN=C(c1cn(S(=O)(=O)c2ccccc2)c2ccccc12)C1CCCCC1. The highest BCUT2D eigenvalue weighted by Crippen LogP contribution is 2.33. The van der Waals surface area contributed by atoms with Gasteiger partial charge in [-0.15, -0.1) is 5.10 Å². The third-order valence-electron chi connectivity index (χ3n) is 5.52. The van der Waals surface area contributed by atoms with E-state index in [2.05, 4.69) is 10.2 Å². The van der Waals surface area contributed by atoms with Crippen LogP contribution >= 0.6 is 0 Å². The van der Waals surface area contributed by atoms with E-state index in [9.17, 15) is 8.42 Å². The van der Waals surface area contributed by atoms with E-state index in [1.807, 2.05) is 18.2 Å². The number of rotatable bonds is 5. The fraction of sp³-hybridized carbons (Fsp3) is 0.273. The number of nitrogens with zero attached hydrogens (tertiary/aromatic N) is 3. The molecular weight excluding hydrogens is 398 g/mol. The molecule has 0 saturated heterocycles. The van der Waals surface area contributed by atoms with Gasteiger partial charge in [0.25, 0.3) is 10.0 Å². The Bertz CT molecular complexity index is 1200. The molecule has 8 heteroatoms. The predicted octanol–water partition coefficient (Wildman–Crippen LogP) is 3.44. The van der Waals surface area contributed by atoms with Crippen LogP contribution in [0.4, 0.5) is 0 Å². The molecule has 1 heterocycles. The molecule has 1 aliphatic rings. The first-order chi connectivity index (χ1) is 14.5. The van der Waals surface area contributed by atoms with Crippen LogP contribution in [0.2, 0.25) is 0 Å². The fourth-order valence-corrected chi connectivity index (χ4v) is 5.49. The van der Waals surface area contributed by atoms with Gasteiger partial charge in [-0.3, -0.25) is 0 Å². The van der Waals surface area contributed by atoms with Crippen LogP contribution in [0.5, 0.6) is 0 Å². The van der Waals surface area contributed by atoms with Gasteiger partial charge in [0.2, 0.25) is 5.96 Å². The van der Waals surface area contributed by atoms with E-state index >= 15 is 0 Å². The number of fused-ring (bicyclic) bond motifs is 1. The monoisotopic (exact) mass is 423 g/mol. The molecule has 1 fully saturated rings. The zero-order valence-electron chi connectivity index (χ0n) is 16.6. The topological polar surface area (TPSA) is 116 Å². The zero-order valence-corrected chi connectivity index (χ0v) is 17.4. The highest BCUT2D eigenvalue weighted by atomic mass is 32.2. The summed E-state index contributed by atoms with van der Waals surface area (Å²) < 4.78 is 28.1. The summed E-state index contributed by atoms with van der Waals surface area (Å²) in [6.45, 7) is 0. The second-order valence-electron chi connectivity index (χ2n) is 7.52. The third kappa shape index (κ3) is 3.82. The normalized spacial score (nSPS) is 15.9. The predicted molar refractivity (Wildman–Crippen MR) is 120 cm³/mol. The molecule has 0 unspecified atom stereocenters. The van der Waals surface area contributed by atoms with E-state index in [4.69, 9.17) is 11.5 Å². The average molecular weight is 424 g/mol. The van der Waals surface area contributed by atoms with Gasteiger partial charge in [0.05, 0.1) is 16.1 Å². The molecule has 0 amide bonds. The first-order valence-corrected chi connectivity index (χ1v) is 11.5. The fourth-order valence-electron chi connectivity index (χ4n) is 4.10. The molecule has 0 bridgehead atoms. The molecule has 0 radical (unpaired) electrons. The van der Waals surface area contributed by atoms with Crippen molar-refractivity contribution in [1.82, 2.24) is 3.97 Å². The molecular formula is C22H25N5O2S. The molecule has 0 aliphatic heterocycles. The van der Waals surface area contributed by atoms with Crippen LogP contribution in [0.3, 0.4) is 0 Å². The number of aromatic nitrogens is 1. The van der Waals surface area contributed by atoms with Crippen molar-refractivity contribution in [3.8, 4) is 0 Å². The van der Waals surface area contributed by atoms with Crippen molar-refractivity contribution >= 4 is 32.6 Å². The van der Waals surface area contributed by atoms with Gasteiger partial charge in [0.1, 0.15) is 0 Å². The van der Waals surface area contributed by atoms with E-state index in [1.54, 1.807) is 42.6 Å². The molecule has 156 valence electrons. The van der Waals surface area contributed by atoms with Crippen molar-refractivity contribution < 1.29 is 8.42 Å². The Kier molecular flexibility index (Phi) is 5.59. The Morgan fingerprint density at radius 2 is 1.57 bits per heavy atom. The van der Waals surface area contributed by atoms with E-state index < -0.39 is 10.0 Å². The molecule has 1 aromatic heterocycles. The quantitative estimate of drug-likeness (QED) is 0.371. The van der Waals surface area contributed by atoms with Crippen molar-refractivity contribution in [3.05, 3.63) is 66.4 Å². The number of para-hydroxylation sites is 1. The molecule has 0 atom stereocenters. The summed E-state index contributed by atoms with van der Waals surface area (Å²) in [7, 11) is -3.76. The molecule has 30 heavy (non-hydrogen) atoms. The number of benzene rings is 2. The van der Waals surface area contributed by atoms with Crippen LogP contribution in [0, 0.1) is 5.92 Å². The van der Waals surface area contributed by atoms with Crippen molar-refractivity contribution in [3.63, 3.8) is 0 Å². The summed E-state index contributed by atoms with van der Waals surface area (Å²) in [5.41, 5.74) is 13.2. The second kappa shape index (κ2) is 8.31. The molecule has 2 aromatic carbocycles. The Morgan fingerprint density at radius 1 is 0.900 bits per heavy atom. The van der Waals surface area contributed by atoms with Crippen molar-refractivity contribution in [2.24, 2.45) is 27.6 Å². The van der Waals surface area contributed by atoms with Gasteiger partial charge in [-0.25, -0.2) is 12.4 Å². The molecule has 4 rings (SSSR count). The molecule has 1 saturated carbocycles. The number of hydrogen-bond donors (Lipinski definition) is 2. The van der Waals surface area contributed by atoms with Crippen LogP contribution in [-0.2, 0) is 10.0 Å². The molecule has 0 spiro atoms. The van der Waals surface area contributed by atoms with Crippen LogP contribution in [-0.4, -0.2) is 24.1 Å². The maximum absolute atomic E-state index is 13.4. The van der Waals surface area contributed by atoms with E-state index in [0.717, 1.165) is 42.3 Å². The van der Waals surface area contributed by atoms with Crippen molar-refractivity contribution in [2.45, 2.75) is 37.0 Å². The lowest BCUT2D eigenvalue weighted by molar-refractivity contribution is 0.439. The lowest BCUT2D eigenvalue weighted by Crippen LogP contribution is -2.23. The van der Waals surface area contributed by atoms with Gasteiger partial charge >= 0.3 is 0 Å². The number of guanidine groups is 1. The summed E-state index contributed by atoms with van der Waals surface area (Å²) in [5, 5.41) is 9.11. The van der Waals surface area contributed by atoms with Gasteiger partial charge in [0, 0.05) is 23.1 Å². The minimum absolute atomic E-state index is 0.121. The smallest absolute Gasteiger partial charge is 0.268 e. The molecule has 1 aliphatic carbocycles. The Balaban J connectivity index is 1.93. The Morgan fingerprint density at radius 3 is 2.27 bits per heavy atom. The van der Waals surface area contributed by atoms with Crippen LogP contribution in [0.1, 0.15) is 37.7 Å². The zero-order chi connectivity index (χ0) is 21.1.